The van der Waals surface area contributed by atoms with Crippen LogP contribution in [-0.4, -0.2) is 19.3 Å². The zero-order chi connectivity index (χ0) is 12.8. The first-order valence-corrected chi connectivity index (χ1v) is 6.11. The highest BCUT2D eigenvalue weighted by Crippen LogP contribution is 2.23. The van der Waals surface area contributed by atoms with Gasteiger partial charge in [-0.2, -0.15) is 0 Å². The molecular weight excluding hydrogens is 232 g/mol. The summed E-state index contributed by atoms with van der Waals surface area (Å²) in [5.74, 6) is 1.32. The lowest BCUT2D eigenvalue weighted by molar-refractivity contribution is 0.413. The zero-order valence-electron chi connectivity index (χ0n) is 10.8. The third-order valence-corrected chi connectivity index (χ3v) is 2.98. The fourth-order valence-corrected chi connectivity index (χ4v) is 1.79. The quantitative estimate of drug-likeness (QED) is 0.807. The van der Waals surface area contributed by atoms with Gasteiger partial charge in [0.2, 0.25) is 0 Å². The number of ether oxygens (including phenoxy) is 1. The van der Waals surface area contributed by atoms with Crippen LogP contribution in [0.1, 0.15) is 25.5 Å². The molecule has 0 aliphatic carbocycles. The minimum absolute atomic E-state index is 0.209. The van der Waals surface area contributed by atoms with Crippen molar-refractivity contribution in [2.24, 2.45) is 5.92 Å². The van der Waals surface area contributed by atoms with Gasteiger partial charge in [-0.3, -0.25) is 0 Å². The fourth-order valence-electron chi connectivity index (χ4n) is 1.66. The molecule has 0 amide bonds. The van der Waals surface area contributed by atoms with Gasteiger partial charge in [0, 0.05) is 7.05 Å². The van der Waals surface area contributed by atoms with Gasteiger partial charge in [-0.25, -0.2) is 0 Å². The molecule has 0 radical (unpaired) electrons. The Balaban J connectivity index is 2.85. The Labute approximate surface area is 109 Å². The van der Waals surface area contributed by atoms with Gasteiger partial charge in [0.05, 0.1) is 13.2 Å². The van der Waals surface area contributed by atoms with E-state index in [1.54, 1.807) is 7.11 Å². The zero-order valence-corrected chi connectivity index (χ0v) is 11.6. The normalized spacial score (nSPS) is 12.1. The maximum atomic E-state index is 5.15. The van der Waals surface area contributed by atoms with Crippen LogP contribution in [0.2, 0.25) is 0 Å². The molecule has 94 valence electrons. The van der Waals surface area contributed by atoms with E-state index in [9.17, 15) is 0 Å². The number of nitrogens with one attached hydrogen (secondary N) is 2. The van der Waals surface area contributed by atoms with Crippen LogP contribution in [0.15, 0.2) is 24.3 Å². The Morgan fingerprint density at radius 3 is 2.24 bits per heavy atom. The van der Waals surface area contributed by atoms with Gasteiger partial charge in [-0.1, -0.05) is 26.0 Å². The van der Waals surface area contributed by atoms with E-state index in [0.717, 1.165) is 5.75 Å². The van der Waals surface area contributed by atoms with E-state index >= 15 is 0 Å². The van der Waals surface area contributed by atoms with Crippen LogP contribution in [-0.2, 0) is 0 Å². The largest absolute Gasteiger partial charge is 0.497 e. The van der Waals surface area contributed by atoms with Gasteiger partial charge in [-0.15, -0.1) is 0 Å². The van der Waals surface area contributed by atoms with Crippen LogP contribution >= 0.6 is 12.2 Å². The number of benzene rings is 1. The second-order valence-electron chi connectivity index (χ2n) is 4.22. The predicted octanol–water partition coefficient (Wildman–Crippen LogP) is 2.49. The lowest BCUT2D eigenvalue weighted by Gasteiger charge is -2.24. The van der Waals surface area contributed by atoms with Crippen molar-refractivity contribution in [3.8, 4) is 5.75 Å². The monoisotopic (exact) mass is 252 g/mol. The molecule has 3 nitrogen and oxygen atoms in total. The molecule has 0 fully saturated rings. The van der Waals surface area contributed by atoms with Crippen molar-refractivity contribution in [3.63, 3.8) is 0 Å². The van der Waals surface area contributed by atoms with Gasteiger partial charge in [0.15, 0.2) is 5.11 Å². The molecule has 0 aromatic heterocycles. The first kappa shape index (κ1) is 13.8. The van der Waals surface area contributed by atoms with Crippen LogP contribution in [0.5, 0.6) is 5.75 Å². The molecule has 1 aromatic carbocycles. The molecule has 0 unspecified atom stereocenters. The summed E-state index contributed by atoms with van der Waals surface area (Å²) in [5, 5.41) is 6.90. The Kier molecular flexibility index (Phi) is 5.22. The van der Waals surface area contributed by atoms with E-state index < -0.39 is 0 Å². The molecule has 0 saturated heterocycles. The summed E-state index contributed by atoms with van der Waals surface area (Å²) in [5.41, 5.74) is 1.21. The molecule has 1 rings (SSSR count). The second-order valence-corrected chi connectivity index (χ2v) is 4.63. The van der Waals surface area contributed by atoms with Gasteiger partial charge in [-0.05, 0) is 35.8 Å². The topological polar surface area (TPSA) is 33.3 Å². The summed E-state index contributed by atoms with van der Waals surface area (Å²) in [6, 6.07) is 8.27. The number of methoxy groups -OCH3 is 1. The van der Waals surface area contributed by atoms with Crippen molar-refractivity contribution in [1.82, 2.24) is 10.6 Å². The van der Waals surface area contributed by atoms with Crippen molar-refractivity contribution in [3.05, 3.63) is 29.8 Å². The SMILES string of the molecule is CNC(=S)N[C@H](c1ccc(OC)cc1)C(C)C. The molecule has 0 saturated carbocycles. The van der Waals surface area contributed by atoms with Crippen LogP contribution in [0, 0.1) is 5.92 Å². The predicted molar refractivity (Wildman–Crippen MR) is 75.4 cm³/mol. The maximum Gasteiger partial charge on any atom is 0.166 e. The van der Waals surface area contributed by atoms with E-state index in [0.29, 0.717) is 11.0 Å². The maximum absolute atomic E-state index is 5.15. The Hall–Kier alpha value is -1.29. The average Bonchev–Trinajstić information content (AvgIpc) is 2.35. The summed E-state index contributed by atoms with van der Waals surface area (Å²) < 4.78 is 5.15. The molecule has 0 bridgehead atoms. The Morgan fingerprint density at radius 2 is 1.82 bits per heavy atom. The summed E-state index contributed by atoms with van der Waals surface area (Å²) in [4.78, 5) is 0. The summed E-state index contributed by atoms with van der Waals surface area (Å²) in [7, 11) is 3.49. The second kappa shape index (κ2) is 6.45. The molecule has 1 atom stereocenters. The van der Waals surface area contributed by atoms with Gasteiger partial charge in [0.1, 0.15) is 5.75 Å². The Morgan fingerprint density at radius 1 is 1.24 bits per heavy atom. The smallest absolute Gasteiger partial charge is 0.166 e. The first-order chi connectivity index (χ1) is 8.08. The Bertz CT molecular complexity index is 362. The molecule has 0 aliphatic heterocycles. The molecule has 0 spiro atoms. The molecule has 0 heterocycles. The third kappa shape index (κ3) is 3.89. The van der Waals surface area contributed by atoms with E-state index in [1.807, 2.05) is 19.2 Å². The highest BCUT2D eigenvalue weighted by molar-refractivity contribution is 7.80. The van der Waals surface area contributed by atoms with Crippen molar-refractivity contribution in [1.29, 1.82) is 0 Å². The van der Waals surface area contributed by atoms with Gasteiger partial charge in [0.25, 0.3) is 0 Å². The van der Waals surface area contributed by atoms with E-state index in [1.165, 1.54) is 5.56 Å². The van der Waals surface area contributed by atoms with Gasteiger partial charge >= 0.3 is 0 Å². The van der Waals surface area contributed by atoms with E-state index in [-0.39, 0.29) is 6.04 Å². The van der Waals surface area contributed by atoms with Crippen molar-refractivity contribution >= 4 is 17.3 Å². The minimum atomic E-state index is 0.209. The molecule has 0 aliphatic rings. The number of thiocarbonyl (C=S) groups is 1. The molecule has 4 heteroatoms. The van der Waals surface area contributed by atoms with Gasteiger partial charge < -0.3 is 15.4 Å². The van der Waals surface area contributed by atoms with Crippen LogP contribution in [0.4, 0.5) is 0 Å². The number of rotatable bonds is 4. The van der Waals surface area contributed by atoms with Crippen LogP contribution in [0.25, 0.3) is 0 Å². The fraction of sp³-hybridized carbons (Fsp3) is 0.462. The van der Waals surface area contributed by atoms with Crippen molar-refractivity contribution in [2.45, 2.75) is 19.9 Å². The molecular formula is C13H20N2OS. The number of hydrogen-bond acceptors (Lipinski definition) is 2. The molecule has 1 aromatic rings. The minimum Gasteiger partial charge on any atom is -0.497 e. The standard InChI is InChI=1S/C13H20N2OS/c1-9(2)12(15-13(17)14-3)10-5-7-11(16-4)8-6-10/h5-9,12H,1-4H3,(H2,14,15,17)/t12-/m0/s1. The third-order valence-electron chi connectivity index (χ3n) is 2.66. The van der Waals surface area contributed by atoms with Crippen LogP contribution in [0.3, 0.4) is 0 Å². The van der Waals surface area contributed by atoms with E-state index in [4.69, 9.17) is 17.0 Å². The molecule has 2 N–H and O–H groups in total. The summed E-state index contributed by atoms with van der Waals surface area (Å²) in [6.07, 6.45) is 0. The number of hydrogen-bond donors (Lipinski definition) is 2. The summed E-state index contributed by atoms with van der Waals surface area (Å²) >= 11 is 5.15. The lowest BCUT2D eigenvalue weighted by Crippen LogP contribution is -2.37. The van der Waals surface area contributed by atoms with Crippen LogP contribution < -0.4 is 15.4 Å². The van der Waals surface area contributed by atoms with Crippen molar-refractivity contribution < 1.29 is 4.74 Å². The van der Waals surface area contributed by atoms with E-state index in [2.05, 4.69) is 36.6 Å². The summed E-state index contributed by atoms with van der Waals surface area (Å²) in [6.45, 7) is 4.33. The van der Waals surface area contributed by atoms with Crippen molar-refractivity contribution in [2.75, 3.05) is 14.2 Å². The average molecular weight is 252 g/mol. The first-order valence-electron chi connectivity index (χ1n) is 5.70. The molecule has 17 heavy (non-hydrogen) atoms. The lowest BCUT2D eigenvalue weighted by atomic mass is 9.96. The highest BCUT2D eigenvalue weighted by atomic mass is 32.1. The highest BCUT2D eigenvalue weighted by Gasteiger charge is 2.16.